The van der Waals surface area contributed by atoms with Gasteiger partial charge >= 0.3 is 0 Å². The van der Waals surface area contributed by atoms with Crippen LogP contribution in [-0.2, 0) is 24.2 Å². The number of nitrogens with one attached hydrogen (secondary N) is 2. The number of nitrogens with zero attached hydrogens (tertiary/aromatic N) is 6. The lowest BCUT2D eigenvalue weighted by Gasteiger charge is -2.47. The van der Waals surface area contributed by atoms with Gasteiger partial charge in [-0.1, -0.05) is 88.7 Å². The van der Waals surface area contributed by atoms with Gasteiger partial charge in [0.2, 0.25) is 0 Å². The van der Waals surface area contributed by atoms with Crippen molar-refractivity contribution in [1.29, 1.82) is 0 Å². The molecule has 0 spiro atoms. The van der Waals surface area contributed by atoms with Crippen molar-refractivity contribution in [3.8, 4) is 0 Å². The third-order valence-electron chi connectivity index (χ3n) is 13.5. The minimum absolute atomic E-state index is 0.168. The first-order valence-corrected chi connectivity index (χ1v) is 22.4. The van der Waals surface area contributed by atoms with Crippen molar-refractivity contribution < 1.29 is 0 Å². The molecule has 2 aliphatic heterocycles. The minimum Gasteiger partial charge on any atom is -0.361 e. The fourth-order valence-corrected chi connectivity index (χ4v) is 10.00. The molecule has 2 aromatic heterocycles. The summed E-state index contributed by atoms with van der Waals surface area (Å²) < 4.78 is 1.13. The highest BCUT2D eigenvalue weighted by atomic mass is 79.9. The molecule has 9 heteroatoms. The van der Waals surface area contributed by atoms with E-state index in [1.807, 2.05) is 6.20 Å². The van der Waals surface area contributed by atoms with Crippen LogP contribution in [0.3, 0.4) is 0 Å². The van der Waals surface area contributed by atoms with Crippen LogP contribution in [0.5, 0.6) is 0 Å². The van der Waals surface area contributed by atoms with Gasteiger partial charge in [-0.3, -0.25) is 9.80 Å². The number of aromatic amines is 2. The molecule has 314 valence electrons. The second-order valence-electron chi connectivity index (χ2n) is 17.6. The predicted molar refractivity (Wildman–Crippen MR) is 252 cm³/mol. The SMILES string of the molecule is CN(CCN1CCC(c2ccccc2)(N(C)C)CC1)Cc1c[nH]c2ccc(Br)cc12.CN(CCN1CCC(c2ccccc2)(N(C)C)CC1)Cc1ccc2cc[nH]c2c1. The monoisotopic (exact) mass is 858 g/mol. The largest absolute Gasteiger partial charge is 0.361 e. The lowest BCUT2D eigenvalue weighted by molar-refractivity contribution is 0.0503. The molecular formula is C50H67BrN8. The molecule has 4 heterocycles. The molecule has 8 nitrogen and oxygen atoms in total. The van der Waals surface area contributed by atoms with Crippen LogP contribution < -0.4 is 0 Å². The number of hydrogen-bond acceptors (Lipinski definition) is 6. The van der Waals surface area contributed by atoms with Crippen LogP contribution in [0.1, 0.15) is 47.9 Å². The number of likely N-dealkylation sites (tertiary alicyclic amines) is 2. The van der Waals surface area contributed by atoms with Crippen LogP contribution in [0.25, 0.3) is 21.8 Å². The summed E-state index contributed by atoms with van der Waals surface area (Å²) in [5, 5.41) is 2.60. The lowest BCUT2D eigenvalue weighted by atomic mass is 9.80. The Morgan fingerprint density at radius 3 is 1.66 bits per heavy atom. The summed E-state index contributed by atoms with van der Waals surface area (Å²) in [5.41, 5.74) is 8.43. The highest BCUT2D eigenvalue weighted by molar-refractivity contribution is 9.10. The molecule has 0 radical (unpaired) electrons. The normalized spacial score (nSPS) is 17.3. The van der Waals surface area contributed by atoms with E-state index in [4.69, 9.17) is 0 Å². The molecule has 0 aliphatic carbocycles. The van der Waals surface area contributed by atoms with Crippen LogP contribution in [0.15, 0.2) is 120 Å². The summed E-state index contributed by atoms with van der Waals surface area (Å²) in [4.78, 5) is 21.7. The van der Waals surface area contributed by atoms with Gasteiger partial charge in [-0.15, -0.1) is 0 Å². The number of H-pyrrole nitrogens is 2. The summed E-state index contributed by atoms with van der Waals surface area (Å²) in [6.07, 6.45) is 8.92. The molecule has 6 aromatic rings. The molecule has 0 unspecified atom stereocenters. The molecule has 0 atom stereocenters. The molecule has 4 aromatic carbocycles. The van der Waals surface area contributed by atoms with E-state index in [1.165, 1.54) is 69.7 Å². The first-order valence-electron chi connectivity index (χ1n) is 21.6. The smallest absolute Gasteiger partial charge is 0.0479 e. The lowest BCUT2D eigenvalue weighted by Crippen LogP contribution is -2.51. The maximum atomic E-state index is 3.60. The first-order chi connectivity index (χ1) is 28.5. The van der Waals surface area contributed by atoms with Crippen molar-refractivity contribution in [2.24, 2.45) is 0 Å². The van der Waals surface area contributed by atoms with Gasteiger partial charge in [0.25, 0.3) is 0 Å². The number of piperidine rings is 2. The first kappa shape index (κ1) is 43.3. The summed E-state index contributed by atoms with van der Waals surface area (Å²) in [6.45, 7) is 11.0. The van der Waals surface area contributed by atoms with Gasteiger partial charge in [0, 0.05) is 110 Å². The van der Waals surface area contributed by atoms with E-state index >= 15 is 0 Å². The molecule has 0 bridgehead atoms. The van der Waals surface area contributed by atoms with Gasteiger partial charge in [0.05, 0.1) is 0 Å². The number of benzene rings is 4. The molecular weight excluding hydrogens is 793 g/mol. The molecule has 0 amide bonds. The second kappa shape index (κ2) is 19.7. The average molecular weight is 860 g/mol. The van der Waals surface area contributed by atoms with Gasteiger partial charge < -0.3 is 29.6 Å². The van der Waals surface area contributed by atoms with E-state index in [0.29, 0.717) is 0 Å². The van der Waals surface area contributed by atoms with Gasteiger partial charge in [-0.2, -0.15) is 0 Å². The number of rotatable bonds is 14. The molecule has 2 aliphatic rings. The average Bonchev–Trinajstić information content (AvgIpc) is 3.89. The maximum Gasteiger partial charge on any atom is 0.0479 e. The van der Waals surface area contributed by atoms with Crippen LogP contribution in [0, 0.1) is 0 Å². The van der Waals surface area contributed by atoms with Gasteiger partial charge in [-0.05, 0) is 126 Å². The Morgan fingerprint density at radius 2 is 1.12 bits per heavy atom. The standard InChI is InChI=1S/C25H33BrN4.C25H34N4/c1-28(2)25(21-7-5-4-6-8-21)11-13-30(14-12-25)16-15-29(3)19-20-18-27-24-10-9-22(26)17-23(20)24;1-27(2)25(23-7-5-4-6-8-23)12-15-29(16-13-25)18-17-28(3)20-21-9-10-22-11-14-26-24(22)19-21/h4-10,17-18,27H,11-16,19H2,1-3H3;4-11,14,19,26H,12-13,15-18,20H2,1-3H3. The molecule has 0 saturated carbocycles. The van der Waals surface area contributed by atoms with Gasteiger partial charge in [0.15, 0.2) is 0 Å². The third-order valence-corrected chi connectivity index (χ3v) is 14.0. The molecule has 2 saturated heterocycles. The van der Waals surface area contributed by atoms with Crippen LogP contribution >= 0.6 is 15.9 Å². The number of aromatic nitrogens is 2. The van der Waals surface area contributed by atoms with E-state index in [9.17, 15) is 0 Å². The Morgan fingerprint density at radius 1 is 0.576 bits per heavy atom. The molecule has 59 heavy (non-hydrogen) atoms. The van der Waals surface area contributed by atoms with Crippen molar-refractivity contribution in [3.63, 3.8) is 0 Å². The van der Waals surface area contributed by atoms with E-state index in [2.05, 4.69) is 207 Å². The van der Waals surface area contributed by atoms with Crippen molar-refractivity contribution in [2.45, 2.75) is 49.9 Å². The van der Waals surface area contributed by atoms with Crippen LogP contribution in [0.2, 0.25) is 0 Å². The highest BCUT2D eigenvalue weighted by Crippen LogP contribution is 2.38. The van der Waals surface area contributed by atoms with Crippen LogP contribution in [0.4, 0.5) is 0 Å². The Bertz CT molecular complexity index is 2180. The van der Waals surface area contributed by atoms with E-state index in [-0.39, 0.29) is 11.1 Å². The van der Waals surface area contributed by atoms with E-state index < -0.39 is 0 Å². The summed E-state index contributed by atoms with van der Waals surface area (Å²) in [6, 6.07) is 37.4. The van der Waals surface area contributed by atoms with Crippen molar-refractivity contribution >= 4 is 37.7 Å². The number of likely N-dealkylation sites (N-methyl/N-ethyl adjacent to an activating group) is 2. The fourth-order valence-electron chi connectivity index (χ4n) is 9.64. The third kappa shape index (κ3) is 10.4. The summed E-state index contributed by atoms with van der Waals surface area (Å²) >= 11 is 3.60. The zero-order valence-electron chi connectivity index (χ0n) is 36.4. The fraction of sp³-hybridized carbons (Fsp3) is 0.440. The Kier molecular flexibility index (Phi) is 14.5. The van der Waals surface area contributed by atoms with Crippen molar-refractivity contribution in [1.82, 2.24) is 39.4 Å². The number of fused-ring (bicyclic) bond motifs is 2. The van der Waals surface area contributed by atoms with Gasteiger partial charge in [0.1, 0.15) is 0 Å². The zero-order valence-corrected chi connectivity index (χ0v) is 38.0. The highest BCUT2D eigenvalue weighted by Gasteiger charge is 2.39. The maximum absolute atomic E-state index is 3.60. The molecule has 2 N–H and O–H groups in total. The second-order valence-corrected chi connectivity index (χ2v) is 18.6. The quantitative estimate of drug-likeness (QED) is 0.114. The molecule has 2 fully saturated rings. The minimum atomic E-state index is 0.168. The summed E-state index contributed by atoms with van der Waals surface area (Å²) in [7, 11) is 13.4. The Labute approximate surface area is 362 Å². The Balaban J connectivity index is 0.000000179. The Hall–Kier alpha value is -3.80. The van der Waals surface area contributed by atoms with Crippen LogP contribution in [-0.4, -0.2) is 134 Å². The predicted octanol–water partition coefficient (Wildman–Crippen LogP) is 9.07. The molecule has 8 rings (SSSR count). The van der Waals surface area contributed by atoms with E-state index in [0.717, 1.165) is 69.9 Å². The van der Waals surface area contributed by atoms with Crippen molar-refractivity contribution in [3.05, 3.63) is 142 Å². The zero-order chi connectivity index (χ0) is 41.4. The number of halogens is 1. The summed E-state index contributed by atoms with van der Waals surface area (Å²) in [5.74, 6) is 0. The van der Waals surface area contributed by atoms with E-state index in [1.54, 1.807) is 0 Å². The van der Waals surface area contributed by atoms with Crippen molar-refractivity contribution in [2.75, 3.05) is 94.6 Å². The topological polar surface area (TPSA) is 51.0 Å². The number of hydrogen-bond donors (Lipinski definition) is 2. The van der Waals surface area contributed by atoms with Gasteiger partial charge in [-0.25, -0.2) is 0 Å².